The maximum atomic E-state index is 12.4. The summed E-state index contributed by atoms with van der Waals surface area (Å²) in [4.78, 5) is 22.0. The van der Waals surface area contributed by atoms with E-state index in [2.05, 4.69) is 29.9 Å². The van der Waals surface area contributed by atoms with Gasteiger partial charge in [-0.2, -0.15) is 0 Å². The minimum absolute atomic E-state index is 0.0320. The number of carbonyl (C=O) groups is 1. The van der Waals surface area contributed by atoms with Crippen LogP contribution in [-0.2, 0) is 16.0 Å². The van der Waals surface area contributed by atoms with Crippen LogP contribution in [0, 0.1) is 13.8 Å². The van der Waals surface area contributed by atoms with Crippen molar-refractivity contribution in [2.75, 3.05) is 19.7 Å². The number of likely N-dealkylation sites (tertiary alicyclic amines) is 1. The molecule has 3 rings (SSSR count). The van der Waals surface area contributed by atoms with Crippen molar-refractivity contribution in [2.45, 2.75) is 45.8 Å². The normalized spacial score (nSPS) is 20.9. The number of aliphatic hydroxyl groups is 1. The number of H-pyrrole nitrogens is 1. The van der Waals surface area contributed by atoms with E-state index in [4.69, 9.17) is 4.74 Å². The van der Waals surface area contributed by atoms with Crippen molar-refractivity contribution in [3.05, 3.63) is 29.1 Å². The van der Waals surface area contributed by atoms with Crippen molar-refractivity contribution in [3.8, 4) is 0 Å². The molecule has 2 heterocycles. The molecule has 1 aromatic heterocycles. The first-order valence-electron chi connectivity index (χ1n) is 8.51. The SMILES string of the molecule is CCOC1CN(C(=O)CCc2nc3c(C)c(C)ccc3[nH]2)CC1O. The van der Waals surface area contributed by atoms with Crippen LogP contribution in [0.15, 0.2) is 12.1 Å². The van der Waals surface area contributed by atoms with Gasteiger partial charge in [0, 0.05) is 32.5 Å². The molecule has 2 aromatic rings. The summed E-state index contributed by atoms with van der Waals surface area (Å²) in [6.45, 7) is 7.38. The van der Waals surface area contributed by atoms with Gasteiger partial charge in [-0.05, 0) is 38.0 Å². The van der Waals surface area contributed by atoms with Gasteiger partial charge in [0.25, 0.3) is 0 Å². The Balaban J connectivity index is 1.62. The number of aromatic nitrogens is 2. The van der Waals surface area contributed by atoms with Gasteiger partial charge < -0.3 is 19.7 Å². The lowest BCUT2D eigenvalue weighted by Crippen LogP contribution is -2.30. The number of aryl methyl sites for hydroxylation is 3. The molecule has 6 heteroatoms. The number of nitrogens with zero attached hydrogens (tertiary/aromatic N) is 2. The Morgan fingerprint density at radius 3 is 2.96 bits per heavy atom. The Morgan fingerprint density at radius 1 is 1.42 bits per heavy atom. The Labute approximate surface area is 141 Å². The fourth-order valence-corrected chi connectivity index (χ4v) is 3.20. The van der Waals surface area contributed by atoms with Crippen molar-refractivity contribution < 1.29 is 14.6 Å². The van der Waals surface area contributed by atoms with E-state index in [9.17, 15) is 9.90 Å². The average Bonchev–Trinajstić information content (AvgIpc) is 3.14. The Morgan fingerprint density at radius 2 is 2.21 bits per heavy atom. The van der Waals surface area contributed by atoms with E-state index in [1.54, 1.807) is 4.90 Å². The highest BCUT2D eigenvalue weighted by atomic mass is 16.5. The summed E-state index contributed by atoms with van der Waals surface area (Å²) in [6.07, 6.45) is 0.0860. The van der Waals surface area contributed by atoms with Crippen molar-refractivity contribution in [1.29, 1.82) is 0 Å². The summed E-state index contributed by atoms with van der Waals surface area (Å²) >= 11 is 0. The first-order chi connectivity index (χ1) is 11.5. The van der Waals surface area contributed by atoms with Crippen LogP contribution < -0.4 is 0 Å². The molecule has 1 fully saturated rings. The predicted molar refractivity (Wildman–Crippen MR) is 91.9 cm³/mol. The number of imidazole rings is 1. The number of carbonyl (C=O) groups excluding carboxylic acids is 1. The molecule has 0 aliphatic carbocycles. The number of amides is 1. The van der Waals surface area contributed by atoms with E-state index in [0.29, 0.717) is 32.5 Å². The number of hydrogen-bond donors (Lipinski definition) is 2. The lowest BCUT2D eigenvalue weighted by atomic mass is 10.1. The third kappa shape index (κ3) is 3.30. The van der Waals surface area contributed by atoms with E-state index >= 15 is 0 Å². The van der Waals surface area contributed by atoms with Crippen LogP contribution in [-0.4, -0.2) is 57.8 Å². The van der Waals surface area contributed by atoms with Gasteiger partial charge in [-0.3, -0.25) is 4.79 Å². The predicted octanol–water partition coefficient (Wildman–Crippen LogP) is 1.72. The molecule has 2 unspecified atom stereocenters. The molecule has 0 spiro atoms. The molecule has 1 amide bonds. The number of hydrogen-bond acceptors (Lipinski definition) is 4. The van der Waals surface area contributed by atoms with Gasteiger partial charge >= 0.3 is 0 Å². The van der Waals surface area contributed by atoms with Crippen molar-refractivity contribution in [3.63, 3.8) is 0 Å². The second kappa shape index (κ2) is 6.91. The second-order valence-corrected chi connectivity index (χ2v) is 6.45. The topological polar surface area (TPSA) is 78.5 Å². The third-order valence-corrected chi connectivity index (χ3v) is 4.77. The number of β-amino-alcohol motifs (C(OH)–C–C–N with tert-alkyl or cyclic N) is 1. The molecule has 2 N–H and O–H groups in total. The molecule has 0 radical (unpaired) electrons. The third-order valence-electron chi connectivity index (χ3n) is 4.77. The monoisotopic (exact) mass is 331 g/mol. The molecule has 2 atom stereocenters. The van der Waals surface area contributed by atoms with Gasteiger partial charge in [-0.15, -0.1) is 0 Å². The van der Waals surface area contributed by atoms with Gasteiger partial charge in [-0.25, -0.2) is 4.98 Å². The summed E-state index contributed by atoms with van der Waals surface area (Å²) in [5, 5.41) is 9.94. The standard InChI is InChI=1S/C18H25N3O3/c1-4-24-15-10-21(9-14(15)22)17(23)8-7-16-19-13-6-5-11(2)12(3)18(13)20-16/h5-6,14-15,22H,4,7-10H2,1-3H3,(H,19,20). The lowest BCUT2D eigenvalue weighted by Gasteiger charge is -2.15. The molecule has 1 aromatic carbocycles. The van der Waals surface area contributed by atoms with Crippen LogP contribution in [0.5, 0.6) is 0 Å². The van der Waals surface area contributed by atoms with E-state index < -0.39 is 6.10 Å². The number of nitrogens with one attached hydrogen (secondary N) is 1. The molecule has 0 saturated carbocycles. The number of fused-ring (bicyclic) bond motifs is 1. The van der Waals surface area contributed by atoms with E-state index in [1.165, 1.54) is 11.1 Å². The average molecular weight is 331 g/mol. The maximum absolute atomic E-state index is 12.4. The molecule has 24 heavy (non-hydrogen) atoms. The molecular formula is C18H25N3O3. The highest BCUT2D eigenvalue weighted by Gasteiger charge is 2.34. The summed E-state index contributed by atoms with van der Waals surface area (Å²) in [6, 6.07) is 4.10. The number of benzene rings is 1. The summed E-state index contributed by atoms with van der Waals surface area (Å²) in [5.41, 5.74) is 4.37. The maximum Gasteiger partial charge on any atom is 0.223 e. The summed E-state index contributed by atoms with van der Waals surface area (Å²) in [5.74, 6) is 0.859. The molecular weight excluding hydrogens is 306 g/mol. The first-order valence-corrected chi connectivity index (χ1v) is 8.51. The van der Waals surface area contributed by atoms with E-state index in [0.717, 1.165) is 16.9 Å². The first kappa shape index (κ1) is 16.9. The number of rotatable bonds is 5. The zero-order valence-corrected chi connectivity index (χ0v) is 14.5. The van der Waals surface area contributed by atoms with Gasteiger partial charge in [0.2, 0.25) is 5.91 Å². The zero-order chi connectivity index (χ0) is 17.3. The fourth-order valence-electron chi connectivity index (χ4n) is 3.20. The molecule has 1 aliphatic rings. The Kier molecular flexibility index (Phi) is 4.87. The second-order valence-electron chi connectivity index (χ2n) is 6.45. The molecule has 130 valence electrons. The van der Waals surface area contributed by atoms with Crippen molar-refractivity contribution >= 4 is 16.9 Å². The summed E-state index contributed by atoms with van der Waals surface area (Å²) < 4.78 is 5.46. The van der Waals surface area contributed by atoms with Crippen molar-refractivity contribution in [1.82, 2.24) is 14.9 Å². The van der Waals surface area contributed by atoms with Crippen LogP contribution in [0.2, 0.25) is 0 Å². The molecule has 6 nitrogen and oxygen atoms in total. The molecule has 1 saturated heterocycles. The van der Waals surface area contributed by atoms with Crippen LogP contribution in [0.4, 0.5) is 0 Å². The van der Waals surface area contributed by atoms with Crippen LogP contribution in [0.25, 0.3) is 11.0 Å². The van der Waals surface area contributed by atoms with Gasteiger partial charge in [0.05, 0.1) is 17.1 Å². The van der Waals surface area contributed by atoms with Gasteiger partial charge in [-0.1, -0.05) is 6.07 Å². The minimum atomic E-state index is -0.592. The lowest BCUT2D eigenvalue weighted by molar-refractivity contribution is -0.130. The number of ether oxygens (including phenoxy) is 1. The van der Waals surface area contributed by atoms with Gasteiger partial charge in [0.15, 0.2) is 0 Å². The number of aliphatic hydroxyl groups excluding tert-OH is 1. The number of aromatic amines is 1. The van der Waals surface area contributed by atoms with Crippen LogP contribution in [0.3, 0.4) is 0 Å². The summed E-state index contributed by atoms with van der Waals surface area (Å²) in [7, 11) is 0. The quantitative estimate of drug-likeness (QED) is 0.874. The highest BCUT2D eigenvalue weighted by Crippen LogP contribution is 2.20. The molecule has 1 aliphatic heterocycles. The molecule has 0 bridgehead atoms. The smallest absolute Gasteiger partial charge is 0.223 e. The fraction of sp³-hybridized carbons (Fsp3) is 0.556. The largest absolute Gasteiger partial charge is 0.388 e. The van der Waals surface area contributed by atoms with Crippen molar-refractivity contribution in [2.24, 2.45) is 0 Å². The van der Waals surface area contributed by atoms with Crippen LogP contribution in [0.1, 0.15) is 30.3 Å². The highest BCUT2D eigenvalue weighted by molar-refractivity contribution is 5.80. The zero-order valence-electron chi connectivity index (χ0n) is 14.5. The minimum Gasteiger partial charge on any atom is -0.388 e. The van der Waals surface area contributed by atoms with Crippen LogP contribution >= 0.6 is 0 Å². The Bertz CT molecular complexity index is 740. The van der Waals surface area contributed by atoms with E-state index in [1.807, 2.05) is 13.0 Å². The van der Waals surface area contributed by atoms with Gasteiger partial charge in [0.1, 0.15) is 11.9 Å². The van der Waals surface area contributed by atoms with E-state index in [-0.39, 0.29) is 12.0 Å². The Hall–Kier alpha value is -1.92.